The monoisotopic (exact) mass is 350 g/mol. The molecule has 0 bridgehead atoms. The third-order valence-electron chi connectivity index (χ3n) is 5.98. The molecule has 26 heavy (non-hydrogen) atoms. The summed E-state index contributed by atoms with van der Waals surface area (Å²) in [5, 5.41) is 9.00. The summed E-state index contributed by atoms with van der Waals surface area (Å²) in [5.41, 5.74) is 5.35. The van der Waals surface area contributed by atoms with Crippen molar-refractivity contribution >= 4 is 10.9 Å². The zero-order chi connectivity index (χ0) is 17.5. The summed E-state index contributed by atoms with van der Waals surface area (Å²) in [6.45, 7) is 3.14. The minimum Gasteiger partial charge on any atom is -0.490 e. The number of H-pyrrole nitrogens is 1. The Hall–Kier alpha value is -2.27. The summed E-state index contributed by atoms with van der Waals surface area (Å²) in [5.74, 6) is 1.02. The van der Waals surface area contributed by atoms with E-state index in [9.17, 15) is 0 Å². The van der Waals surface area contributed by atoms with Crippen molar-refractivity contribution in [3.05, 3.63) is 47.4 Å². The van der Waals surface area contributed by atoms with Crippen molar-refractivity contribution in [1.29, 1.82) is 0 Å². The van der Waals surface area contributed by atoms with E-state index in [0.717, 1.165) is 38.2 Å². The second-order valence-electron chi connectivity index (χ2n) is 7.69. The molecule has 1 fully saturated rings. The number of nitrogens with zero attached hydrogens (tertiary/aromatic N) is 3. The first-order valence-corrected chi connectivity index (χ1v) is 9.76. The molecule has 0 saturated carbocycles. The van der Waals surface area contributed by atoms with E-state index in [4.69, 9.17) is 4.74 Å². The van der Waals surface area contributed by atoms with E-state index in [1.807, 2.05) is 0 Å². The quantitative estimate of drug-likeness (QED) is 0.784. The predicted molar refractivity (Wildman–Crippen MR) is 102 cm³/mol. The molecule has 0 atom stereocenters. The summed E-state index contributed by atoms with van der Waals surface area (Å²) in [6.07, 6.45) is 8.21. The normalized spacial score (nSPS) is 18.5. The number of nitrogens with one attached hydrogen (secondary N) is 1. The molecule has 3 aromatic rings. The fraction of sp³-hybridized carbons (Fsp3) is 0.476. The van der Waals surface area contributed by atoms with E-state index >= 15 is 0 Å². The van der Waals surface area contributed by atoms with Crippen LogP contribution in [0.5, 0.6) is 5.75 Å². The van der Waals surface area contributed by atoms with Crippen LogP contribution >= 0.6 is 0 Å². The van der Waals surface area contributed by atoms with Gasteiger partial charge in [-0.05, 0) is 55.9 Å². The zero-order valence-electron chi connectivity index (χ0n) is 15.4. The van der Waals surface area contributed by atoms with E-state index in [1.165, 1.54) is 47.1 Å². The van der Waals surface area contributed by atoms with Gasteiger partial charge in [-0.25, -0.2) is 0 Å². The minimum atomic E-state index is 0.307. The van der Waals surface area contributed by atoms with Crippen LogP contribution in [-0.2, 0) is 26.4 Å². The summed E-state index contributed by atoms with van der Waals surface area (Å²) < 4.78 is 8.52. The molecule has 1 saturated heterocycles. The van der Waals surface area contributed by atoms with Gasteiger partial charge in [-0.1, -0.05) is 6.07 Å². The van der Waals surface area contributed by atoms with E-state index in [2.05, 4.69) is 57.2 Å². The molecule has 0 unspecified atom stereocenters. The highest BCUT2D eigenvalue weighted by atomic mass is 16.5. The highest BCUT2D eigenvalue weighted by Gasteiger charge is 2.24. The Morgan fingerprint density at radius 2 is 2.08 bits per heavy atom. The highest BCUT2D eigenvalue weighted by Crippen LogP contribution is 2.29. The number of rotatable bonds is 4. The summed E-state index contributed by atoms with van der Waals surface area (Å²) >= 11 is 0. The van der Waals surface area contributed by atoms with Gasteiger partial charge in [0.05, 0.1) is 11.2 Å². The number of aryl methyl sites for hydroxylation is 2. The van der Waals surface area contributed by atoms with E-state index in [-0.39, 0.29) is 0 Å². The van der Waals surface area contributed by atoms with Gasteiger partial charge in [0.15, 0.2) is 0 Å². The lowest BCUT2D eigenvalue weighted by Gasteiger charge is -2.32. The summed E-state index contributed by atoms with van der Waals surface area (Å²) in [4.78, 5) is 2.53. The SMILES string of the molecule is Cn1ccc2c(OC3CCN(Cc4n[nH]c5c4CCC5)CC3)cccc21. The smallest absolute Gasteiger partial charge is 0.129 e. The largest absolute Gasteiger partial charge is 0.490 e. The van der Waals surface area contributed by atoms with E-state index in [1.54, 1.807) is 0 Å². The van der Waals surface area contributed by atoms with Crippen LogP contribution in [0.2, 0.25) is 0 Å². The number of fused-ring (bicyclic) bond motifs is 2. The number of ether oxygens (including phenoxy) is 1. The molecule has 5 nitrogen and oxygen atoms in total. The number of benzene rings is 1. The number of hydrogen-bond acceptors (Lipinski definition) is 3. The number of aromatic nitrogens is 3. The lowest BCUT2D eigenvalue weighted by Crippen LogP contribution is -2.38. The third-order valence-corrected chi connectivity index (χ3v) is 5.98. The lowest BCUT2D eigenvalue weighted by atomic mass is 10.1. The molecule has 5 heteroatoms. The molecule has 0 radical (unpaired) electrons. The average molecular weight is 350 g/mol. The second-order valence-corrected chi connectivity index (χ2v) is 7.69. The Kier molecular flexibility index (Phi) is 3.97. The molecule has 2 aliphatic rings. The van der Waals surface area contributed by atoms with Crippen molar-refractivity contribution in [3.63, 3.8) is 0 Å². The molecule has 0 spiro atoms. The molecule has 136 valence electrons. The first-order chi connectivity index (χ1) is 12.8. The van der Waals surface area contributed by atoms with Gasteiger partial charge in [0.1, 0.15) is 11.9 Å². The van der Waals surface area contributed by atoms with Gasteiger partial charge in [-0.3, -0.25) is 10.00 Å². The summed E-state index contributed by atoms with van der Waals surface area (Å²) in [7, 11) is 2.08. The Morgan fingerprint density at radius 1 is 1.19 bits per heavy atom. The first-order valence-electron chi connectivity index (χ1n) is 9.76. The molecule has 0 amide bonds. The third kappa shape index (κ3) is 2.80. The van der Waals surface area contributed by atoms with Gasteiger partial charge in [0, 0.05) is 44.0 Å². The Morgan fingerprint density at radius 3 is 2.96 bits per heavy atom. The highest BCUT2D eigenvalue weighted by molar-refractivity contribution is 5.86. The molecule has 1 aliphatic carbocycles. The lowest BCUT2D eigenvalue weighted by molar-refractivity contribution is 0.0971. The first kappa shape index (κ1) is 15.9. The van der Waals surface area contributed by atoms with Crippen LogP contribution in [0.1, 0.15) is 36.2 Å². The number of likely N-dealkylation sites (tertiary alicyclic amines) is 1. The Balaban J connectivity index is 1.21. The minimum absolute atomic E-state index is 0.307. The van der Waals surface area contributed by atoms with Gasteiger partial charge < -0.3 is 9.30 Å². The van der Waals surface area contributed by atoms with E-state index < -0.39 is 0 Å². The molecule has 2 aromatic heterocycles. The average Bonchev–Trinajstić information content (AvgIpc) is 3.36. The van der Waals surface area contributed by atoms with Crippen molar-refractivity contribution in [2.45, 2.75) is 44.8 Å². The fourth-order valence-electron chi connectivity index (χ4n) is 4.47. The predicted octanol–water partition coefficient (Wildman–Crippen LogP) is 3.43. The van der Waals surface area contributed by atoms with E-state index in [0.29, 0.717) is 6.10 Å². The van der Waals surface area contributed by atoms with Crippen molar-refractivity contribution < 1.29 is 4.74 Å². The van der Waals surface area contributed by atoms with Gasteiger partial charge in [-0.2, -0.15) is 5.10 Å². The van der Waals surface area contributed by atoms with Gasteiger partial charge in [-0.15, -0.1) is 0 Å². The molecular formula is C21H26N4O. The van der Waals surface area contributed by atoms with Crippen molar-refractivity contribution in [2.24, 2.45) is 7.05 Å². The topological polar surface area (TPSA) is 46.1 Å². The van der Waals surface area contributed by atoms with Gasteiger partial charge in [0.25, 0.3) is 0 Å². The van der Waals surface area contributed by atoms with Crippen LogP contribution in [0.15, 0.2) is 30.5 Å². The van der Waals surface area contributed by atoms with Crippen molar-refractivity contribution in [2.75, 3.05) is 13.1 Å². The van der Waals surface area contributed by atoms with Gasteiger partial charge >= 0.3 is 0 Å². The van der Waals surface area contributed by atoms with Crippen LogP contribution in [-0.4, -0.2) is 38.9 Å². The van der Waals surface area contributed by atoms with Crippen LogP contribution < -0.4 is 4.74 Å². The van der Waals surface area contributed by atoms with Crippen molar-refractivity contribution in [3.8, 4) is 5.75 Å². The van der Waals surface area contributed by atoms with Gasteiger partial charge in [0.2, 0.25) is 0 Å². The Bertz CT molecular complexity index is 917. The zero-order valence-corrected chi connectivity index (χ0v) is 15.4. The van der Waals surface area contributed by atoms with Crippen LogP contribution in [0.25, 0.3) is 10.9 Å². The van der Waals surface area contributed by atoms with Crippen LogP contribution in [0.4, 0.5) is 0 Å². The molecule has 1 aliphatic heterocycles. The molecule has 1 aromatic carbocycles. The molecular weight excluding hydrogens is 324 g/mol. The number of piperidine rings is 1. The maximum Gasteiger partial charge on any atom is 0.129 e. The molecule has 3 heterocycles. The van der Waals surface area contributed by atoms with Crippen LogP contribution in [0, 0.1) is 0 Å². The standard InChI is InChI=1S/C21H26N4O/c1-24-11-10-17-20(24)6-3-7-21(17)26-15-8-12-25(13-9-15)14-19-16-4-2-5-18(16)22-23-19/h3,6-7,10-11,15H,2,4-5,8-9,12-14H2,1H3,(H,22,23). The fourth-order valence-corrected chi connectivity index (χ4v) is 4.47. The molecule has 1 N–H and O–H groups in total. The second kappa shape index (κ2) is 6.47. The number of hydrogen-bond donors (Lipinski definition) is 1. The maximum atomic E-state index is 6.38. The summed E-state index contributed by atoms with van der Waals surface area (Å²) in [6, 6.07) is 8.48. The molecule has 5 rings (SSSR count). The maximum absolute atomic E-state index is 6.38. The number of aromatic amines is 1. The Labute approximate surface area is 153 Å². The van der Waals surface area contributed by atoms with Crippen LogP contribution in [0.3, 0.4) is 0 Å². The van der Waals surface area contributed by atoms with Crippen molar-refractivity contribution in [1.82, 2.24) is 19.7 Å².